The first-order valence-electron chi connectivity index (χ1n) is 7.62. The molecule has 0 aliphatic carbocycles. The third-order valence-corrected chi connectivity index (χ3v) is 4.18. The Hall–Kier alpha value is -2.08. The highest BCUT2D eigenvalue weighted by Gasteiger charge is 2.30. The fraction of sp³-hybridized carbons (Fsp3) is 0.500. The molecule has 1 saturated heterocycles. The van der Waals surface area contributed by atoms with Crippen molar-refractivity contribution in [3.8, 4) is 0 Å². The molecule has 6 heteroatoms. The van der Waals surface area contributed by atoms with Crippen LogP contribution in [0.2, 0.25) is 0 Å². The van der Waals surface area contributed by atoms with E-state index in [-0.39, 0.29) is 18.5 Å². The van der Waals surface area contributed by atoms with E-state index < -0.39 is 11.9 Å². The molecule has 0 bridgehead atoms. The third-order valence-electron chi connectivity index (χ3n) is 4.18. The van der Waals surface area contributed by atoms with Crippen LogP contribution < -0.4 is 5.76 Å². The summed E-state index contributed by atoms with van der Waals surface area (Å²) in [6.45, 7) is 2.39. The van der Waals surface area contributed by atoms with Crippen LogP contribution in [0.5, 0.6) is 0 Å². The number of amides is 1. The van der Waals surface area contributed by atoms with Gasteiger partial charge in [-0.3, -0.25) is 9.36 Å². The summed E-state index contributed by atoms with van der Waals surface area (Å²) in [6.07, 6.45) is 1.98. The Morgan fingerprint density at radius 3 is 3.00 bits per heavy atom. The summed E-state index contributed by atoms with van der Waals surface area (Å²) < 4.78 is 6.52. The molecule has 1 aliphatic heterocycles. The number of benzene rings is 1. The van der Waals surface area contributed by atoms with Crippen molar-refractivity contribution in [2.24, 2.45) is 0 Å². The molecule has 2 heterocycles. The summed E-state index contributed by atoms with van der Waals surface area (Å²) in [4.78, 5) is 26.3. The van der Waals surface area contributed by atoms with Crippen LogP contribution in [0.3, 0.4) is 0 Å². The smallest absolute Gasteiger partial charge is 0.408 e. The van der Waals surface area contributed by atoms with Gasteiger partial charge in [0.2, 0.25) is 5.91 Å². The standard InChI is InChI=1S/C16H20N2O4/c1-11(19)9-12-5-4-8-17(12)15(20)10-18-13-6-2-3-7-14(13)22-16(18)21/h2-3,6-7,11-12,19H,4-5,8-10H2,1H3. The van der Waals surface area contributed by atoms with Crippen molar-refractivity contribution in [2.45, 2.75) is 44.9 Å². The average Bonchev–Trinajstić information content (AvgIpc) is 3.04. The molecule has 0 spiro atoms. The molecule has 6 nitrogen and oxygen atoms in total. The molecule has 1 aromatic carbocycles. The molecule has 1 aliphatic rings. The topological polar surface area (TPSA) is 75.7 Å². The van der Waals surface area contributed by atoms with Gasteiger partial charge >= 0.3 is 5.76 Å². The molecule has 2 unspecified atom stereocenters. The number of aliphatic hydroxyl groups excluding tert-OH is 1. The van der Waals surface area contributed by atoms with Crippen LogP contribution in [0.25, 0.3) is 11.1 Å². The van der Waals surface area contributed by atoms with Gasteiger partial charge in [0.05, 0.1) is 11.6 Å². The minimum Gasteiger partial charge on any atom is -0.408 e. The number of para-hydroxylation sites is 2. The van der Waals surface area contributed by atoms with E-state index in [0.717, 1.165) is 12.8 Å². The van der Waals surface area contributed by atoms with E-state index in [4.69, 9.17) is 4.42 Å². The van der Waals surface area contributed by atoms with Gasteiger partial charge in [0.15, 0.2) is 5.58 Å². The highest BCUT2D eigenvalue weighted by Crippen LogP contribution is 2.22. The molecule has 1 fully saturated rings. The molecule has 22 heavy (non-hydrogen) atoms. The van der Waals surface area contributed by atoms with Gasteiger partial charge < -0.3 is 14.4 Å². The number of fused-ring (bicyclic) bond motifs is 1. The summed E-state index contributed by atoms with van der Waals surface area (Å²) in [5.74, 6) is -0.613. The van der Waals surface area contributed by atoms with Gasteiger partial charge in [-0.05, 0) is 38.3 Å². The number of likely N-dealkylation sites (tertiary alicyclic amines) is 1. The Bertz CT molecular complexity index is 731. The van der Waals surface area contributed by atoms with Crippen molar-refractivity contribution in [2.75, 3.05) is 6.54 Å². The Morgan fingerprint density at radius 2 is 2.23 bits per heavy atom. The number of hydrogen-bond donors (Lipinski definition) is 1. The molecule has 1 aromatic heterocycles. The minimum absolute atomic E-state index is 0.0217. The quantitative estimate of drug-likeness (QED) is 0.925. The molecule has 2 aromatic rings. The molecular formula is C16H20N2O4. The first kappa shape index (κ1) is 14.8. The summed E-state index contributed by atoms with van der Waals surface area (Å²) in [5.41, 5.74) is 1.12. The van der Waals surface area contributed by atoms with E-state index in [1.165, 1.54) is 4.57 Å². The van der Waals surface area contributed by atoms with E-state index >= 15 is 0 Å². The lowest BCUT2D eigenvalue weighted by atomic mass is 10.1. The van der Waals surface area contributed by atoms with E-state index in [9.17, 15) is 14.7 Å². The highest BCUT2D eigenvalue weighted by molar-refractivity contribution is 5.80. The lowest BCUT2D eigenvalue weighted by Crippen LogP contribution is -2.40. The normalized spacial score (nSPS) is 19.7. The zero-order valence-corrected chi connectivity index (χ0v) is 12.6. The van der Waals surface area contributed by atoms with Crippen LogP contribution in [0.4, 0.5) is 0 Å². The molecule has 2 atom stereocenters. The highest BCUT2D eigenvalue weighted by atomic mass is 16.4. The molecule has 1 N–H and O–H groups in total. The van der Waals surface area contributed by atoms with Crippen molar-refractivity contribution in [3.63, 3.8) is 0 Å². The van der Waals surface area contributed by atoms with Gasteiger partial charge in [-0.15, -0.1) is 0 Å². The number of oxazole rings is 1. The molecular weight excluding hydrogens is 284 g/mol. The summed E-state index contributed by atoms with van der Waals surface area (Å²) >= 11 is 0. The van der Waals surface area contributed by atoms with E-state index in [0.29, 0.717) is 24.1 Å². The van der Waals surface area contributed by atoms with Crippen LogP contribution >= 0.6 is 0 Å². The number of aromatic nitrogens is 1. The van der Waals surface area contributed by atoms with E-state index in [1.54, 1.807) is 30.0 Å². The first-order valence-corrected chi connectivity index (χ1v) is 7.62. The first-order chi connectivity index (χ1) is 10.6. The van der Waals surface area contributed by atoms with Crippen LogP contribution in [-0.4, -0.2) is 39.2 Å². The predicted molar refractivity (Wildman–Crippen MR) is 81.5 cm³/mol. The number of carbonyl (C=O) groups is 1. The number of carbonyl (C=O) groups excluding carboxylic acids is 1. The fourth-order valence-electron chi connectivity index (χ4n) is 3.19. The van der Waals surface area contributed by atoms with Crippen molar-refractivity contribution in [3.05, 3.63) is 34.8 Å². The van der Waals surface area contributed by atoms with Crippen LogP contribution in [0.15, 0.2) is 33.5 Å². The maximum Gasteiger partial charge on any atom is 0.420 e. The average molecular weight is 304 g/mol. The lowest BCUT2D eigenvalue weighted by molar-refractivity contribution is -0.133. The second-order valence-corrected chi connectivity index (χ2v) is 5.89. The van der Waals surface area contributed by atoms with Gasteiger partial charge in [0.25, 0.3) is 0 Å². The van der Waals surface area contributed by atoms with Crippen molar-refractivity contribution in [1.82, 2.24) is 9.47 Å². The van der Waals surface area contributed by atoms with Crippen LogP contribution in [0, 0.1) is 0 Å². The van der Waals surface area contributed by atoms with Crippen LogP contribution in [0.1, 0.15) is 26.2 Å². The Morgan fingerprint density at radius 1 is 1.45 bits per heavy atom. The van der Waals surface area contributed by atoms with Crippen molar-refractivity contribution >= 4 is 17.0 Å². The largest absolute Gasteiger partial charge is 0.420 e. The Balaban J connectivity index is 1.81. The number of nitrogens with zero attached hydrogens (tertiary/aromatic N) is 2. The van der Waals surface area contributed by atoms with Gasteiger partial charge in [0.1, 0.15) is 6.54 Å². The molecule has 118 valence electrons. The Labute approximate surface area is 127 Å². The van der Waals surface area contributed by atoms with Crippen molar-refractivity contribution < 1.29 is 14.3 Å². The fourth-order valence-corrected chi connectivity index (χ4v) is 3.19. The SMILES string of the molecule is CC(O)CC1CCCN1C(=O)Cn1c(=O)oc2ccccc21. The Kier molecular flexibility index (Phi) is 4.02. The monoisotopic (exact) mass is 304 g/mol. The number of hydrogen-bond acceptors (Lipinski definition) is 4. The van der Waals surface area contributed by atoms with E-state index in [2.05, 4.69) is 0 Å². The van der Waals surface area contributed by atoms with Gasteiger partial charge in [0, 0.05) is 12.6 Å². The number of aliphatic hydroxyl groups is 1. The lowest BCUT2D eigenvalue weighted by Gasteiger charge is -2.25. The third kappa shape index (κ3) is 2.78. The number of rotatable bonds is 4. The maximum absolute atomic E-state index is 12.5. The van der Waals surface area contributed by atoms with Gasteiger partial charge in [-0.25, -0.2) is 4.79 Å². The van der Waals surface area contributed by atoms with Gasteiger partial charge in [-0.1, -0.05) is 12.1 Å². The summed E-state index contributed by atoms with van der Waals surface area (Å²) in [7, 11) is 0. The zero-order valence-electron chi connectivity index (χ0n) is 12.6. The maximum atomic E-state index is 12.5. The molecule has 0 radical (unpaired) electrons. The predicted octanol–water partition coefficient (Wildman–Crippen LogP) is 1.36. The second-order valence-electron chi connectivity index (χ2n) is 5.89. The second kappa shape index (κ2) is 5.96. The van der Waals surface area contributed by atoms with E-state index in [1.807, 2.05) is 6.07 Å². The molecule has 3 rings (SSSR count). The molecule has 1 amide bonds. The van der Waals surface area contributed by atoms with Crippen LogP contribution in [-0.2, 0) is 11.3 Å². The summed E-state index contributed by atoms with van der Waals surface area (Å²) in [5, 5.41) is 9.55. The van der Waals surface area contributed by atoms with Crippen molar-refractivity contribution in [1.29, 1.82) is 0 Å². The van der Waals surface area contributed by atoms with Gasteiger partial charge in [-0.2, -0.15) is 0 Å². The minimum atomic E-state index is -0.513. The zero-order chi connectivity index (χ0) is 15.7. The molecule has 0 saturated carbocycles. The summed E-state index contributed by atoms with van der Waals surface area (Å²) in [6, 6.07) is 7.14.